The molecule has 2 radical (unpaired) electrons. The van der Waals surface area contributed by atoms with Crippen molar-refractivity contribution in [2.24, 2.45) is 0 Å². The first-order valence-electron chi connectivity index (χ1n) is 7.73. The summed E-state index contributed by atoms with van der Waals surface area (Å²) in [6.45, 7) is 31.4. The molecule has 0 aromatic carbocycles. The van der Waals surface area contributed by atoms with E-state index in [1.54, 1.807) is 0 Å². The highest BCUT2D eigenvalue weighted by Crippen LogP contribution is 2.40. The molecule has 0 unspecified atom stereocenters. The molecule has 19 heavy (non-hydrogen) atoms. The fraction of sp³-hybridized carbons (Fsp3) is 1.00. The number of hydrogen-bond donors (Lipinski definition) is 0. The van der Waals surface area contributed by atoms with Crippen LogP contribution < -0.4 is 0 Å². The van der Waals surface area contributed by atoms with Gasteiger partial charge >= 0.3 is 0 Å². The van der Waals surface area contributed by atoms with Gasteiger partial charge in [-0.15, -0.1) is 0 Å². The molecular formula is C14H38Si5. The molecule has 0 amide bonds. The highest BCUT2D eigenvalue weighted by atomic mass is 28.5. The Labute approximate surface area is 130 Å². The molecular weight excluding hydrogens is 309 g/mol. The average molecular weight is 347 g/mol. The predicted molar refractivity (Wildman–Crippen MR) is 107 cm³/mol. The molecule has 5 heteroatoms. The third kappa shape index (κ3) is 6.59. The van der Waals surface area contributed by atoms with Gasteiger partial charge in [-0.1, -0.05) is 88.1 Å². The Balaban J connectivity index is 5.43. The summed E-state index contributed by atoms with van der Waals surface area (Å²) in [5.41, 5.74) is 0. The van der Waals surface area contributed by atoms with Crippen molar-refractivity contribution < 1.29 is 0 Å². The van der Waals surface area contributed by atoms with E-state index in [-0.39, 0.29) is 0 Å². The third-order valence-corrected chi connectivity index (χ3v) is 34.2. The van der Waals surface area contributed by atoms with E-state index in [0.717, 1.165) is 9.58 Å². The van der Waals surface area contributed by atoms with Gasteiger partial charge in [-0.25, -0.2) is 0 Å². The summed E-state index contributed by atoms with van der Waals surface area (Å²) in [7, 11) is -2.83. The van der Waals surface area contributed by atoms with Crippen LogP contribution in [-0.2, 0) is 0 Å². The number of rotatable bonds is 6. The predicted octanol–water partition coefficient (Wildman–Crippen LogP) is 5.78. The molecule has 0 N–H and O–H groups in total. The molecule has 0 saturated heterocycles. The zero-order valence-electron chi connectivity index (χ0n) is 15.7. The number of hydrogen-bond acceptors (Lipinski definition) is 0. The Morgan fingerprint density at radius 3 is 0.684 bits per heavy atom. The molecule has 0 rings (SSSR count). The fourth-order valence-corrected chi connectivity index (χ4v) is 36.9. The van der Waals surface area contributed by atoms with Crippen LogP contribution in [0.1, 0.15) is 0 Å². The minimum atomic E-state index is -1.02. The van der Waals surface area contributed by atoms with E-state index >= 15 is 0 Å². The second-order valence-electron chi connectivity index (χ2n) is 10.5. The van der Waals surface area contributed by atoms with Gasteiger partial charge in [-0.2, -0.15) is 0 Å². The summed E-state index contributed by atoms with van der Waals surface area (Å²) < 4.78 is 0. The first-order chi connectivity index (χ1) is 7.97. The molecule has 0 aliphatic rings. The third-order valence-electron chi connectivity index (χ3n) is 3.80. The highest BCUT2D eigenvalue weighted by Gasteiger charge is 2.45. The fourth-order valence-electron chi connectivity index (χ4n) is 3.76. The van der Waals surface area contributed by atoms with E-state index < -0.39 is 32.3 Å². The van der Waals surface area contributed by atoms with Crippen molar-refractivity contribution in [2.75, 3.05) is 0 Å². The van der Waals surface area contributed by atoms with Crippen molar-refractivity contribution in [1.82, 2.24) is 0 Å². The van der Waals surface area contributed by atoms with E-state index in [0.29, 0.717) is 0 Å². The molecule has 114 valence electrons. The van der Waals surface area contributed by atoms with Crippen molar-refractivity contribution in [3.8, 4) is 0 Å². The van der Waals surface area contributed by atoms with Crippen LogP contribution in [0.2, 0.25) is 88.1 Å². The summed E-state index contributed by atoms with van der Waals surface area (Å²) in [6.07, 6.45) is 0. The van der Waals surface area contributed by atoms with Crippen LogP contribution in [-0.4, -0.2) is 41.8 Å². The maximum absolute atomic E-state index is 2.62. The van der Waals surface area contributed by atoms with Crippen LogP contribution in [0.25, 0.3) is 0 Å². The quantitative estimate of drug-likeness (QED) is 0.535. The standard InChI is InChI=1S/C14H38Si5/c1-16(2,3)13(17(4,5)6)15-14(18(7,8)9)19(10,11)12/h13-14H,1-12H3. The van der Waals surface area contributed by atoms with Gasteiger partial charge in [0.05, 0.1) is 0 Å². The van der Waals surface area contributed by atoms with Crippen LogP contribution in [0.4, 0.5) is 0 Å². The van der Waals surface area contributed by atoms with Crippen LogP contribution in [0.15, 0.2) is 0 Å². The molecule has 0 aliphatic heterocycles. The van der Waals surface area contributed by atoms with Gasteiger partial charge in [0.2, 0.25) is 0 Å². The molecule has 0 atom stereocenters. The highest BCUT2D eigenvalue weighted by molar-refractivity contribution is 7.12. The molecule has 0 heterocycles. The van der Waals surface area contributed by atoms with Crippen LogP contribution in [0.3, 0.4) is 0 Å². The topological polar surface area (TPSA) is 0 Å². The Bertz CT molecular complexity index is 227. The maximum Gasteiger partial charge on any atom is 0.0417 e. The Morgan fingerprint density at radius 2 is 0.579 bits per heavy atom. The molecule has 0 aromatic rings. The first-order valence-corrected chi connectivity index (χ1v) is 23.2. The Hall–Kier alpha value is 1.08. The minimum absolute atomic E-state index is 1.02. The van der Waals surface area contributed by atoms with Crippen molar-refractivity contribution in [3.63, 3.8) is 0 Å². The van der Waals surface area contributed by atoms with Gasteiger partial charge in [-0.05, 0) is 0 Å². The lowest BCUT2D eigenvalue weighted by Gasteiger charge is -2.46. The van der Waals surface area contributed by atoms with E-state index in [2.05, 4.69) is 78.6 Å². The van der Waals surface area contributed by atoms with Gasteiger partial charge in [0.1, 0.15) is 0 Å². The summed E-state index contributed by atoms with van der Waals surface area (Å²) >= 11 is 0. The van der Waals surface area contributed by atoms with Crippen molar-refractivity contribution in [2.45, 2.75) is 88.1 Å². The van der Waals surface area contributed by atoms with E-state index in [1.807, 2.05) is 0 Å². The zero-order chi connectivity index (χ0) is 15.9. The zero-order valence-corrected chi connectivity index (χ0v) is 20.7. The average Bonchev–Trinajstić information content (AvgIpc) is 1.91. The first kappa shape index (κ1) is 20.1. The molecule has 0 fully saturated rings. The minimum Gasteiger partial charge on any atom is -0.0698 e. The maximum atomic E-state index is 2.62. The van der Waals surface area contributed by atoms with Crippen LogP contribution in [0, 0.1) is 0 Å². The molecule has 0 spiro atoms. The lowest BCUT2D eigenvalue weighted by molar-refractivity contribution is 1.34. The van der Waals surface area contributed by atoms with Crippen LogP contribution >= 0.6 is 0 Å². The largest absolute Gasteiger partial charge is 0.0698 e. The van der Waals surface area contributed by atoms with Gasteiger partial charge in [0, 0.05) is 41.8 Å². The normalized spacial score (nSPS) is 15.5. The molecule has 0 aromatic heterocycles. The lowest BCUT2D eigenvalue weighted by Crippen LogP contribution is -2.55. The van der Waals surface area contributed by atoms with Gasteiger partial charge < -0.3 is 0 Å². The smallest absolute Gasteiger partial charge is 0.0417 e. The van der Waals surface area contributed by atoms with Crippen molar-refractivity contribution >= 4 is 41.8 Å². The summed E-state index contributed by atoms with van der Waals surface area (Å²) in [5, 5.41) is 0. The summed E-state index contributed by atoms with van der Waals surface area (Å²) in [4.78, 5) is 2.23. The van der Waals surface area contributed by atoms with Crippen molar-refractivity contribution in [3.05, 3.63) is 0 Å². The summed E-state index contributed by atoms with van der Waals surface area (Å²) in [5.74, 6) is 0. The molecule has 0 aliphatic carbocycles. The van der Waals surface area contributed by atoms with Gasteiger partial charge in [0.15, 0.2) is 0 Å². The van der Waals surface area contributed by atoms with E-state index in [1.165, 1.54) is 9.52 Å². The van der Waals surface area contributed by atoms with E-state index in [9.17, 15) is 0 Å². The summed E-state index contributed by atoms with van der Waals surface area (Å²) in [6, 6.07) is 0. The Morgan fingerprint density at radius 1 is 0.421 bits per heavy atom. The van der Waals surface area contributed by atoms with Gasteiger partial charge in [0.25, 0.3) is 0 Å². The van der Waals surface area contributed by atoms with Crippen molar-refractivity contribution in [1.29, 1.82) is 0 Å². The van der Waals surface area contributed by atoms with Crippen LogP contribution in [0.5, 0.6) is 0 Å². The monoisotopic (exact) mass is 346 g/mol. The SMILES string of the molecule is C[Si](C)(C)C([Si]C([Si](C)(C)C)[Si](C)(C)C)[Si](C)(C)C. The Kier molecular flexibility index (Phi) is 6.41. The lowest BCUT2D eigenvalue weighted by atomic mass is 11.7. The second-order valence-corrected chi connectivity index (χ2v) is 36.7. The molecule has 0 bridgehead atoms. The molecule has 0 nitrogen and oxygen atoms in total. The van der Waals surface area contributed by atoms with Gasteiger partial charge in [-0.3, -0.25) is 0 Å². The molecule has 0 saturated carbocycles. The second kappa shape index (κ2) is 6.06. The van der Waals surface area contributed by atoms with E-state index in [4.69, 9.17) is 0 Å².